The fourth-order valence-electron chi connectivity index (χ4n) is 3.50. The highest BCUT2D eigenvalue weighted by atomic mass is 32.2. The minimum Gasteiger partial charge on any atom is -0.323 e. The Hall–Kier alpha value is -1.87. The number of amides is 2. The lowest BCUT2D eigenvalue weighted by Crippen LogP contribution is -2.40. The molecular formula is C17H19FN4O2S2. The van der Waals surface area contributed by atoms with E-state index in [1.54, 1.807) is 11.0 Å². The van der Waals surface area contributed by atoms with Gasteiger partial charge in [-0.1, -0.05) is 17.4 Å². The number of hydrogen-bond donors (Lipinski definition) is 1. The molecule has 4 rings (SSSR count). The second kappa shape index (κ2) is 7.03. The van der Waals surface area contributed by atoms with E-state index >= 15 is 0 Å². The van der Waals surface area contributed by atoms with Gasteiger partial charge in [-0.15, -0.1) is 10.2 Å². The summed E-state index contributed by atoms with van der Waals surface area (Å²) in [6.07, 6.45) is 2.70. The molecule has 2 bridgehead atoms. The van der Waals surface area contributed by atoms with Crippen LogP contribution in [0.25, 0.3) is 10.6 Å². The van der Waals surface area contributed by atoms with Gasteiger partial charge in [0, 0.05) is 34.7 Å². The molecule has 0 saturated carbocycles. The van der Waals surface area contributed by atoms with E-state index in [9.17, 15) is 13.4 Å². The predicted octanol–water partition coefficient (Wildman–Crippen LogP) is 3.17. The lowest BCUT2D eigenvalue weighted by atomic mass is 10.1. The molecule has 3 unspecified atom stereocenters. The van der Waals surface area contributed by atoms with E-state index < -0.39 is 10.8 Å². The molecule has 1 aromatic carbocycles. The largest absolute Gasteiger partial charge is 0.323 e. The molecule has 0 radical (unpaired) electrons. The number of hydrogen-bond acceptors (Lipinski definition) is 5. The van der Waals surface area contributed by atoms with Crippen LogP contribution in [0.5, 0.6) is 0 Å². The van der Waals surface area contributed by atoms with Crippen LogP contribution in [-0.4, -0.2) is 48.9 Å². The van der Waals surface area contributed by atoms with Crippen molar-refractivity contribution in [3.8, 4) is 10.6 Å². The Kier molecular flexibility index (Phi) is 4.74. The maximum atomic E-state index is 13.5. The van der Waals surface area contributed by atoms with Crippen LogP contribution < -0.4 is 5.32 Å². The SMILES string of the molecule is Cc1ccc(F)cc1-c1nnc(NC(=O)N2CCC3CCC(C2)S3=O)s1. The summed E-state index contributed by atoms with van der Waals surface area (Å²) < 4.78 is 25.7. The highest BCUT2D eigenvalue weighted by molar-refractivity contribution is 7.86. The van der Waals surface area contributed by atoms with E-state index in [4.69, 9.17) is 0 Å². The molecule has 0 spiro atoms. The number of likely N-dealkylation sites (tertiary alicyclic amines) is 1. The third-order valence-corrected chi connectivity index (χ3v) is 8.01. The summed E-state index contributed by atoms with van der Waals surface area (Å²) in [4.78, 5) is 14.3. The second-order valence-electron chi connectivity index (χ2n) is 6.69. The van der Waals surface area contributed by atoms with Crippen molar-refractivity contribution in [3.05, 3.63) is 29.6 Å². The van der Waals surface area contributed by atoms with Gasteiger partial charge in [0.05, 0.1) is 5.25 Å². The van der Waals surface area contributed by atoms with E-state index in [0.29, 0.717) is 28.8 Å². The van der Waals surface area contributed by atoms with Crippen molar-refractivity contribution < 1.29 is 13.4 Å². The first-order valence-electron chi connectivity index (χ1n) is 8.56. The molecule has 1 aromatic heterocycles. The molecule has 2 saturated heterocycles. The fourth-order valence-corrected chi connectivity index (χ4v) is 6.26. The first-order chi connectivity index (χ1) is 12.5. The number of aromatic nitrogens is 2. The number of nitrogens with zero attached hydrogens (tertiary/aromatic N) is 3. The number of rotatable bonds is 2. The number of urea groups is 1. The fraction of sp³-hybridized carbons (Fsp3) is 0.471. The Labute approximate surface area is 157 Å². The first kappa shape index (κ1) is 17.5. The zero-order valence-corrected chi connectivity index (χ0v) is 15.9. The molecule has 2 aliphatic heterocycles. The topological polar surface area (TPSA) is 75.2 Å². The maximum Gasteiger partial charge on any atom is 0.323 e. The number of aryl methyl sites for hydroxylation is 1. The third-order valence-electron chi connectivity index (χ3n) is 4.97. The van der Waals surface area contributed by atoms with E-state index in [2.05, 4.69) is 15.5 Å². The minimum absolute atomic E-state index is 0.0770. The molecule has 6 nitrogen and oxygen atoms in total. The third kappa shape index (κ3) is 3.37. The van der Waals surface area contributed by atoms with Gasteiger partial charge < -0.3 is 4.90 Å². The van der Waals surface area contributed by atoms with Crippen molar-refractivity contribution >= 4 is 33.3 Å². The molecule has 0 aliphatic carbocycles. The number of anilines is 1. The second-order valence-corrected chi connectivity index (χ2v) is 9.65. The average molecular weight is 394 g/mol. The number of nitrogens with one attached hydrogen (secondary N) is 1. The van der Waals surface area contributed by atoms with Crippen LogP contribution in [0.3, 0.4) is 0 Å². The van der Waals surface area contributed by atoms with E-state index in [1.165, 1.54) is 23.5 Å². The summed E-state index contributed by atoms with van der Waals surface area (Å²) in [6.45, 7) is 3.00. The summed E-state index contributed by atoms with van der Waals surface area (Å²) in [5, 5.41) is 12.1. The molecule has 2 amide bonds. The van der Waals surface area contributed by atoms with Crippen LogP contribution in [0.2, 0.25) is 0 Å². The molecule has 2 aliphatic rings. The Bertz CT molecular complexity index is 872. The molecule has 9 heteroatoms. The van der Waals surface area contributed by atoms with E-state index in [-0.39, 0.29) is 22.3 Å². The van der Waals surface area contributed by atoms with Crippen LogP contribution in [-0.2, 0) is 10.8 Å². The molecular weight excluding hydrogens is 375 g/mol. The number of fused-ring (bicyclic) bond motifs is 2. The summed E-state index contributed by atoms with van der Waals surface area (Å²) in [5.41, 5.74) is 1.57. The number of benzene rings is 1. The molecule has 2 fully saturated rings. The van der Waals surface area contributed by atoms with Crippen molar-refractivity contribution in [2.75, 3.05) is 18.4 Å². The first-order valence-corrected chi connectivity index (χ1v) is 10.7. The zero-order chi connectivity index (χ0) is 18.3. The van der Waals surface area contributed by atoms with E-state index in [0.717, 1.165) is 24.8 Å². The van der Waals surface area contributed by atoms with Gasteiger partial charge in [-0.25, -0.2) is 9.18 Å². The van der Waals surface area contributed by atoms with E-state index in [1.807, 2.05) is 6.92 Å². The van der Waals surface area contributed by atoms with Crippen LogP contribution in [0, 0.1) is 12.7 Å². The molecule has 138 valence electrons. The summed E-state index contributed by atoms with van der Waals surface area (Å²) in [5.74, 6) is -0.334. The quantitative estimate of drug-likeness (QED) is 0.849. The highest BCUT2D eigenvalue weighted by Gasteiger charge is 2.38. The molecule has 2 aromatic rings. The average Bonchev–Trinajstić information content (AvgIpc) is 3.14. The Morgan fingerprint density at radius 2 is 2.12 bits per heavy atom. The summed E-state index contributed by atoms with van der Waals surface area (Å²) in [7, 11) is -0.828. The zero-order valence-electron chi connectivity index (χ0n) is 14.3. The lowest BCUT2D eigenvalue weighted by molar-refractivity contribution is 0.209. The van der Waals surface area contributed by atoms with Gasteiger partial charge in [0.25, 0.3) is 0 Å². The number of halogens is 1. The summed E-state index contributed by atoms with van der Waals surface area (Å²) >= 11 is 1.21. The van der Waals surface area contributed by atoms with Gasteiger partial charge in [0.2, 0.25) is 5.13 Å². The van der Waals surface area contributed by atoms with Crippen molar-refractivity contribution in [3.63, 3.8) is 0 Å². The highest BCUT2D eigenvalue weighted by Crippen LogP contribution is 2.31. The Morgan fingerprint density at radius 3 is 2.96 bits per heavy atom. The molecule has 1 N–H and O–H groups in total. The number of carbonyl (C=O) groups is 1. The van der Waals surface area contributed by atoms with Gasteiger partial charge in [-0.05, 0) is 43.9 Å². The minimum atomic E-state index is -0.828. The van der Waals surface area contributed by atoms with Crippen molar-refractivity contribution in [2.45, 2.75) is 36.7 Å². The van der Waals surface area contributed by atoms with Gasteiger partial charge >= 0.3 is 6.03 Å². The van der Waals surface area contributed by atoms with Crippen LogP contribution >= 0.6 is 11.3 Å². The van der Waals surface area contributed by atoms with Gasteiger partial charge in [-0.2, -0.15) is 0 Å². The molecule has 3 heterocycles. The smallest absolute Gasteiger partial charge is 0.323 e. The van der Waals surface area contributed by atoms with Crippen LogP contribution in [0.4, 0.5) is 14.3 Å². The van der Waals surface area contributed by atoms with Gasteiger partial charge in [0.1, 0.15) is 10.8 Å². The van der Waals surface area contributed by atoms with Gasteiger partial charge in [-0.3, -0.25) is 9.53 Å². The van der Waals surface area contributed by atoms with Crippen molar-refractivity contribution in [2.24, 2.45) is 0 Å². The Morgan fingerprint density at radius 1 is 1.31 bits per heavy atom. The molecule has 3 atom stereocenters. The predicted molar refractivity (Wildman–Crippen MR) is 100 cm³/mol. The monoisotopic (exact) mass is 394 g/mol. The standard InChI is InChI=1S/C17H19FN4O2S2/c1-10-2-3-11(18)8-14(10)15-20-21-16(25-15)19-17(23)22-7-6-12-4-5-13(9-22)26(12)24/h2-3,8,12-13H,4-7,9H2,1H3,(H,19,21,23). The Balaban J connectivity index is 1.46. The summed E-state index contributed by atoms with van der Waals surface area (Å²) in [6, 6.07) is 4.27. The lowest BCUT2D eigenvalue weighted by Gasteiger charge is -2.23. The number of carbonyl (C=O) groups excluding carboxylic acids is 1. The molecule has 26 heavy (non-hydrogen) atoms. The van der Waals surface area contributed by atoms with Gasteiger partial charge in [0.15, 0.2) is 0 Å². The van der Waals surface area contributed by atoms with Crippen molar-refractivity contribution in [1.82, 2.24) is 15.1 Å². The van der Waals surface area contributed by atoms with Crippen molar-refractivity contribution in [1.29, 1.82) is 0 Å². The van der Waals surface area contributed by atoms with Crippen LogP contribution in [0.1, 0.15) is 24.8 Å². The van der Waals surface area contributed by atoms with Crippen LogP contribution in [0.15, 0.2) is 18.2 Å². The normalized spacial score (nSPS) is 25.2. The maximum absolute atomic E-state index is 13.5.